The van der Waals surface area contributed by atoms with E-state index in [9.17, 15) is 9.59 Å². The average molecular weight is 271 g/mol. The van der Waals surface area contributed by atoms with Crippen LogP contribution in [0, 0.1) is 0 Å². The molecule has 1 N–H and O–H groups in total. The van der Waals surface area contributed by atoms with Crippen molar-refractivity contribution in [1.29, 1.82) is 0 Å². The van der Waals surface area contributed by atoms with E-state index in [0.717, 1.165) is 51.6 Å². The normalized spacial score (nSPS) is 10.4. The van der Waals surface area contributed by atoms with Gasteiger partial charge in [-0.3, -0.25) is 9.59 Å². The summed E-state index contributed by atoms with van der Waals surface area (Å²) in [5, 5.41) is 8.59. The van der Waals surface area contributed by atoms with E-state index >= 15 is 0 Å². The van der Waals surface area contributed by atoms with Gasteiger partial charge in [-0.05, 0) is 19.3 Å². The second-order valence-electron chi connectivity index (χ2n) is 5.04. The number of aliphatic carboxylic acids is 1. The summed E-state index contributed by atoms with van der Waals surface area (Å²) in [6.07, 6.45) is 7.59. The van der Waals surface area contributed by atoms with Crippen LogP contribution in [0.4, 0.5) is 0 Å². The van der Waals surface area contributed by atoms with Crippen LogP contribution >= 0.6 is 0 Å². The summed E-state index contributed by atoms with van der Waals surface area (Å²) in [7, 11) is 0. The molecule has 0 aromatic carbocycles. The summed E-state index contributed by atoms with van der Waals surface area (Å²) in [4.78, 5) is 24.4. The summed E-state index contributed by atoms with van der Waals surface area (Å²) in [5.41, 5.74) is 0. The fourth-order valence-electron chi connectivity index (χ4n) is 2.02. The topological polar surface area (TPSA) is 57.6 Å². The molecular weight excluding hydrogens is 242 g/mol. The third-order valence-corrected chi connectivity index (χ3v) is 3.20. The quantitative estimate of drug-likeness (QED) is 0.553. The lowest BCUT2D eigenvalue weighted by atomic mass is 10.1. The molecule has 0 rings (SSSR count). The van der Waals surface area contributed by atoms with E-state index in [1.807, 2.05) is 4.90 Å². The number of carboxylic acids is 1. The third-order valence-electron chi connectivity index (χ3n) is 3.20. The molecular formula is C15H29NO3. The van der Waals surface area contributed by atoms with Gasteiger partial charge in [0.05, 0.1) is 0 Å². The predicted molar refractivity (Wildman–Crippen MR) is 77.1 cm³/mol. The Bertz CT molecular complexity index is 244. The van der Waals surface area contributed by atoms with Gasteiger partial charge >= 0.3 is 5.97 Å². The van der Waals surface area contributed by atoms with E-state index in [2.05, 4.69) is 13.8 Å². The van der Waals surface area contributed by atoms with Gasteiger partial charge in [0, 0.05) is 25.9 Å². The van der Waals surface area contributed by atoms with Crippen molar-refractivity contribution in [2.45, 2.75) is 71.6 Å². The number of hydrogen-bond acceptors (Lipinski definition) is 2. The first-order valence-corrected chi connectivity index (χ1v) is 7.61. The molecule has 0 unspecified atom stereocenters. The molecule has 0 saturated carbocycles. The summed E-state index contributed by atoms with van der Waals surface area (Å²) < 4.78 is 0. The van der Waals surface area contributed by atoms with E-state index in [1.54, 1.807) is 0 Å². The highest BCUT2D eigenvalue weighted by atomic mass is 16.4. The number of hydrogen-bond donors (Lipinski definition) is 1. The Kier molecular flexibility index (Phi) is 11.3. The first kappa shape index (κ1) is 17.9. The zero-order chi connectivity index (χ0) is 14.5. The second-order valence-corrected chi connectivity index (χ2v) is 5.04. The standard InChI is InChI=1S/C15H29NO3/c1-3-5-7-12-16(13-8-6-4-2)14(17)10-9-11-15(18)19/h3-13H2,1-2H3,(H,18,19). The molecule has 0 atom stereocenters. The van der Waals surface area contributed by atoms with Crippen molar-refractivity contribution in [2.24, 2.45) is 0 Å². The molecule has 4 nitrogen and oxygen atoms in total. The van der Waals surface area contributed by atoms with Crippen LogP contribution in [-0.4, -0.2) is 35.0 Å². The smallest absolute Gasteiger partial charge is 0.303 e. The van der Waals surface area contributed by atoms with Crippen molar-refractivity contribution >= 4 is 11.9 Å². The number of unbranched alkanes of at least 4 members (excludes halogenated alkanes) is 4. The van der Waals surface area contributed by atoms with Crippen molar-refractivity contribution < 1.29 is 14.7 Å². The molecule has 4 heteroatoms. The minimum absolute atomic E-state index is 0.0868. The number of nitrogens with zero attached hydrogens (tertiary/aromatic N) is 1. The predicted octanol–water partition coefficient (Wildman–Crippen LogP) is 3.45. The number of amides is 1. The monoisotopic (exact) mass is 271 g/mol. The lowest BCUT2D eigenvalue weighted by Crippen LogP contribution is -2.32. The van der Waals surface area contributed by atoms with E-state index in [-0.39, 0.29) is 12.3 Å². The van der Waals surface area contributed by atoms with Crippen LogP contribution in [0.5, 0.6) is 0 Å². The van der Waals surface area contributed by atoms with Crippen LogP contribution < -0.4 is 0 Å². The maximum Gasteiger partial charge on any atom is 0.303 e. The van der Waals surface area contributed by atoms with Gasteiger partial charge in [-0.2, -0.15) is 0 Å². The minimum Gasteiger partial charge on any atom is -0.481 e. The molecule has 0 aromatic rings. The van der Waals surface area contributed by atoms with E-state index < -0.39 is 5.97 Å². The molecule has 0 aliphatic carbocycles. The Balaban J connectivity index is 4.04. The zero-order valence-electron chi connectivity index (χ0n) is 12.5. The summed E-state index contributed by atoms with van der Waals surface area (Å²) in [6.45, 7) is 5.94. The highest BCUT2D eigenvalue weighted by Gasteiger charge is 2.12. The molecule has 0 bridgehead atoms. The Morgan fingerprint density at radius 1 is 0.842 bits per heavy atom. The Hall–Kier alpha value is -1.06. The Morgan fingerprint density at radius 2 is 1.37 bits per heavy atom. The van der Waals surface area contributed by atoms with Gasteiger partial charge in [0.2, 0.25) is 5.91 Å². The number of carboxylic acid groups (broad SMARTS) is 1. The summed E-state index contributed by atoms with van der Waals surface area (Å²) >= 11 is 0. The minimum atomic E-state index is -0.823. The molecule has 0 aliphatic heterocycles. The average Bonchev–Trinajstić information content (AvgIpc) is 2.36. The van der Waals surface area contributed by atoms with Gasteiger partial charge < -0.3 is 10.0 Å². The van der Waals surface area contributed by atoms with Crippen LogP contribution in [0.2, 0.25) is 0 Å². The molecule has 0 fully saturated rings. The Morgan fingerprint density at radius 3 is 1.79 bits per heavy atom. The van der Waals surface area contributed by atoms with Crippen LogP contribution in [-0.2, 0) is 9.59 Å². The highest BCUT2D eigenvalue weighted by Crippen LogP contribution is 2.07. The fourth-order valence-corrected chi connectivity index (χ4v) is 2.02. The largest absolute Gasteiger partial charge is 0.481 e. The first-order chi connectivity index (χ1) is 9.11. The number of rotatable bonds is 12. The van der Waals surface area contributed by atoms with E-state index in [4.69, 9.17) is 5.11 Å². The molecule has 0 heterocycles. The zero-order valence-corrected chi connectivity index (χ0v) is 12.5. The molecule has 0 aromatic heterocycles. The van der Waals surface area contributed by atoms with Crippen molar-refractivity contribution in [3.63, 3.8) is 0 Å². The summed E-state index contributed by atoms with van der Waals surface area (Å²) in [5.74, 6) is -0.704. The van der Waals surface area contributed by atoms with Crippen LogP contribution in [0.1, 0.15) is 71.6 Å². The van der Waals surface area contributed by atoms with Gasteiger partial charge in [0.15, 0.2) is 0 Å². The number of carbonyl (C=O) groups excluding carboxylic acids is 1. The molecule has 1 amide bonds. The third kappa shape index (κ3) is 10.5. The first-order valence-electron chi connectivity index (χ1n) is 7.61. The van der Waals surface area contributed by atoms with Gasteiger partial charge in [-0.1, -0.05) is 39.5 Å². The molecule has 19 heavy (non-hydrogen) atoms. The van der Waals surface area contributed by atoms with E-state index in [0.29, 0.717) is 12.8 Å². The van der Waals surface area contributed by atoms with Gasteiger partial charge in [0.25, 0.3) is 0 Å². The lowest BCUT2D eigenvalue weighted by molar-refractivity contribution is -0.137. The highest BCUT2D eigenvalue weighted by molar-refractivity contribution is 5.77. The molecule has 112 valence electrons. The van der Waals surface area contributed by atoms with Gasteiger partial charge in [-0.25, -0.2) is 0 Å². The molecule has 0 radical (unpaired) electrons. The Labute approximate surface area is 117 Å². The fraction of sp³-hybridized carbons (Fsp3) is 0.867. The molecule has 0 spiro atoms. The van der Waals surface area contributed by atoms with Gasteiger partial charge in [-0.15, -0.1) is 0 Å². The van der Waals surface area contributed by atoms with Crippen molar-refractivity contribution in [1.82, 2.24) is 4.90 Å². The molecule has 0 saturated heterocycles. The van der Waals surface area contributed by atoms with Crippen molar-refractivity contribution in [3.05, 3.63) is 0 Å². The number of carbonyl (C=O) groups is 2. The van der Waals surface area contributed by atoms with E-state index in [1.165, 1.54) is 0 Å². The van der Waals surface area contributed by atoms with Gasteiger partial charge in [0.1, 0.15) is 0 Å². The van der Waals surface area contributed by atoms with Crippen LogP contribution in [0.15, 0.2) is 0 Å². The van der Waals surface area contributed by atoms with Crippen LogP contribution in [0.25, 0.3) is 0 Å². The van der Waals surface area contributed by atoms with Crippen molar-refractivity contribution in [2.75, 3.05) is 13.1 Å². The maximum atomic E-state index is 12.0. The molecule has 0 aliphatic rings. The van der Waals surface area contributed by atoms with Crippen molar-refractivity contribution in [3.8, 4) is 0 Å². The van der Waals surface area contributed by atoms with Crippen LogP contribution in [0.3, 0.4) is 0 Å². The maximum absolute atomic E-state index is 12.0. The second kappa shape index (κ2) is 12.0. The summed E-state index contributed by atoms with van der Waals surface area (Å²) in [6, 6.07) is 0. The SMILES string of the molecule is CCCCCN(CCCCC)C(=O)CCCC(=O)O. The lowest BCUT2D eigenvalue weighted by Gasteiger charge is -2.22.